The second-order valence-corrected chi connectivity index (χ2v) is 19.3. The van der Waals surface area contributed by atoms with Crippen molar-refractivity contribution in [1.82, 2.24) is 30.2 Å². The maximum absolute atomic E-state index is 14.6. The summed E-state index contributed by atoms with van der Waals surface area (Å²) in [6.07, 6.45) is 6.11. The van der Waals surface area contributed by atoms with Crippen molar-refractivity contribution in [3.8, 4) is 28.1 Å². The molecule has 3 N–H and O–H groups in total. The van der Waals surface area contributed by atoms with Gasteiger partial charge in [-0.2, -0.15) is 0 Å². The summed E-state index contributed by atoms with van der Waals surface area (Å²) in [6, 6.07) is 13.0. The second-order valence-electron chi connectivity index (χ2n) is 19.3. The monoisotopic (exact) mass is 846 g/mol. The average Bonchev–Trinajstić information content (AvgIpc) is 4.17. The third-order valence-electron chi connectivity index (χ3n) is 13.7. The number of aromatic nitrogens is 2. The fourth-order valence-corrected chi connectivity index (χ4v) is 10.0. The van der Waals surface area contributed by atoms with Crippen molar-refractivity contribution in [2.45, 2.75) is 117 Å². The molecule has 1 spiro atoms. The van der Waals surface area contributed by atoms with E-state index in [1.165, 1.54) is 5.01 Å². The molecule has 13 nitrogen and oxygen atoms in total. The van der Waals surface area contributed by atoms with Crippen LogP contribution < -0.4 is 10.7 Å². The number of nitrogens with zero attached hydrogens (tertiary/aromatic N) is 4. The van der Waals surface area contributed by atoms with Crippen LogP contribution in [0.25, 0.3) is 33.3 Å². The molecule has 4 heterocycles. The first kappa shape index (κ1) is 43.4. The third-order valence-corrected chi connectivity index (χ3v) is 13.7. The van der Waals surface area contributed by atoms with Gasteiger partial charge in [0.2, 0.25) is 11.8 Å². The van der Waals surface area contributed by atoms with Gasteiger partial charge >= 0.3 is 5.97 Å². The summed E-state index contributed by atoms with van der Waals surface area (Å²) in [4.78, 5) is 62.9. The number of phenolic OH excluding ortho intramolecular Hbond substituents is 1. The van der Waals surface area contributed by atoms with E-state index < -0.39 is 41.3 Å². The zero-order valence-corrected chi connectivity index (χ0v) is 37.4. The topological polar surface area (TPSA) is 155 Å². The minimum Gasteiger partial charge on any atom is -0.508 e. The fraction of sp³-hybridized carbons (Fsp3) is 0.531. The Morgan fingerprint density at radius 1 is 1.10 bits per heavy atom. The largest absolute Gasteiger partial charge is 0.508 e. The molecule has 1 saturated heterocycles. The summed E-state index contributed by atoms with van der Waals surface area (Å²) in [5.74, 6) is -1.59. The van der Waals surface area contributed by atoms with Gasteiger partial charge in [0.05, 0.1) is 24.1 Å². The number of hydrazine groups is 1. The van der Waals surface area contributed by atoms with Crippen LogP contribution in [-0.4, -0.2) is 93.7 Å². The van der Waals surface area contributed by atoms with Crippen LogP contribution in [0.4, 0.5) is 0 Å². The van der Waals surface area contributed by atoms with E-state index in [0.29, 0.717) is 37.9 Å². The minimum absolute atomic E-state index is 0.0222. The van der Waals surface area contributed by atoms with E-state index in [-0.39, 0.29) is 48.0 Å². The molecule has 2 saturated carbocycles. The molecule has 5 atom stereocenters. The maximum Gasteiger partial charge on any atom is 0.324 e. The van der Waals surface area contributed by atoms with Crippen LogP contribution in [0.3, 0.4) is 0 Å². The van der Waals surface area contributed by atoms with Crippen LogP contribution in [0.2, 0.25) is 0 Å². The molecule has 2 aromatic carbocycles. The Hall–Kier alpha value is -5.27. The summed E-state index contributed by atoms with van der Waals surface area (Å²) in [5, 5.41) is 16.8. The molecule has 4 aromatic rings. The molecule has 330 valence electrons. The van der Waals surface area contributed by atoms with E-state index in [1.807, 2.05) is 39.0 Å². The minimum atomic E-state index is -1.09. The van der Waals surface area contributed by atoms with Crippen LogP contribution >= 0.6 is 0 Å². The number of amides is 3. The van der Waals surface area contributed by atoms with Gasteiger partial charge in [-0.15, -0.1) is 0 Å². The number of benzene rings is 2. The average molecular weight is 847 g/mol. The number of hydrogen-bond donors (Lipinski definition) is 3. The molecule has 2 aliphatic carbocycles. The van der Waals surface area contributed by atoms with Gasteiger partial charge in [-0.25, -0.2) is 5.43 Å². The van der Waals surface area contributed by atoms with Crippen LogP contribution in [0.5, 0.6) is 5.75 Å². The zero-order chi connectivity index (χ0) is 44.2. The standard InChI is InChI=1S/C49H62N6O7/c1-9-54-40-15-14-31-24-35(40)36(43(54)34-12-10-18-50-41(34)29(4)61-8)25-48(5,6)27-62-47(60)38-13-11-19-55(52-38)46(59)39(22-30-20-32(31)23-33(56)21-30)51-44(57)42(28(2)3)53(7)45(58)37-26-49(37)16-17-49/h10,12,14-15,18,20-21,23-24,28-29,37-39,42,52,56H,9,11,13,16-17,19,22,25-27H2,1-8H3,(H,51,57)/t29-,37?,38-,39-,42-/m0/s1. The quantitative estimate of drug-likeness (QED) is 0.156. The highest BCUT2D eigenvalue weighted by Gasteiger charge is 2.66. The summed E-state index contributed by atoms with van der Waals surface area (Å²) in [6.45, 7) is 13.2. The number of esters is 1. The predicted octanol–water partition coefficient (Wildman–Crippen LogP) is 6.73. The Morgan fingerprint density at radius 2 is 1.87 bits per heavy atom. The molecule has 3 fully saturated rings. The number of nitrogens with one attached hydrogen (secondary N) is 2. The van der Waals surface area contributed by atoms with E-state index in [0.717, 1.165) is 63.8 Å². The Labute approximate surface area is 364 Å². The smallest absolute Gasteiger partial charge is 0.324 e. The van der Waals surface area contributed by atoms with E-state index >= 15 is 0 Å². The maximum atomic E-state index is 14.6. The Bertz CT molecular complexity index is 2400. The molecule has 6 bridgehead atoms. The van der Waals surface area contributed by atoms with Gasteiger partial charge in [-0.05, 0) is 122 Å². The number of aromatic hydroxyl groups is 1. The van der Waals surface area contributed by atoms with Crippen molar-refractivity contribution in [2.24, 2.45) is 22.7 Å². The number of fused-ring (bicyclic) bond motifs is 6. The van der Waals surface area contributed by atoms with Gasteiger partial charge in [0.1, 0.15) is 23.9 Å². The Kier molecular flexibility index (Phi) is 11.7. The van der Waals surface area contributed by atoms with Crippen molar-refractivity contribution in [3.05, 3.63) is 71.5 Å². The molecule has 62 heavy (non-hydrogen) atoms. The molecule has 1 unspecified atom stereocenters. The van der Waals surface area contributed by atoms with Gasteiger partial charge in [0, 0.05) is 67.7 Å². The lowest BCUT2D eigenvalue weighted by molar-refractivity contribution is -0.155. The third kappa shape index (κ3) is 8.33. The van der Waals surface area contributed by atoms with Crippen LogP contribution in [0.15, 0.2) is 54.7 Å². The number of methoxy groups -OCH3 is 1. The first-order chi connectivity index (χ1) is 29.5. The second kappa shape index (κ2) is 16.8. The number of hydrogen-bond acceptors (Lipinski definition) is 9. The van der Waals surface area contributed by atoms with E-state index in [1.54, 1.807) is 37.4 Å². The predicted molar refractivity (Wildman–Crippen MR) is 236 cm³/mol. The van der Waals surface area contributed by atoms with Crippen LogP contribution in [-0.2, 0) is 48.0 Å². The first-order valence-electron chi connectivity index (χ1n) is 22.3. The SMILES string of the molecule is CCn1c(-c2cccnc2[C@H](C)OC)c2c3cc(ccc31)-c1cc(O)cc(c1)C[C@H](NC(=O)[C@H](C(C)C)N(C)C(=O)C1CC13CC3)C(=O)N1CCC[C@H](N1)C(=O)OCC(C)(C)C2. The summed E-state index contributed by atoms with van der Waals surface area (Å²) in [7, 11) is 3.37. The lowest BCUT2D eigenvalue weighted by Gasteiger charge is -2.37. The molecule has 0 radical (unpaired) electrons. The van der Waals surface area contributed by atoms with E-state index in [9.17, 15) is 24.3 Å². The van der Waals surface area contributed by atoms with Crippen molar-refractivity contribution >= 4 is 34.6 Å². The van der Waals surface area contributed by atoms with Crippen molar-refractivity contribution in [3.63, 3.8) is 0 Å². The number of phenols is 1. The fourth-order valence-electron chi connectivity index (χ4n) is 10.0. The molecule has 13 heteroatoms. The zero-order valence-electron chi connectivity index (χ0n) is 37.4. The normalized spacial score (nSPS) is 22.8. The number of rotatable bonds is 9. The summed E-state index contributed by atoms with van der Waals surface area (Å²) < 4.78 is 14.2. The van der Waals surface area contributed by atoms with E-state index in [2.05, 4.69) is 54.3 Å². The number of aryl methyl sites for hydroxylation is 1. The number of carbonyl (C=O) groups excluding carboxylic acids is 4. The molecular formula is C49H62N6O7. The Morgan fingerprint density at radius 3 is 2.56 bits per heavy atom. The molecule has 2 aliphatic heterocycles. The van der Waals surface area contributed by atoms with Crippen molar-refractivity contribution < 1.29 is 33.8 Å². The molecule has 3 amide bonds. The van der Waals surface area contributed by atoms with Gasteiger partial charge < -0.3 is 29.4 Å². The Balaban J connectivity index is 1.23. The lowest BCUT2D eigenvalue weighted by Crippen LogP contribution is -2.62. The van der Waals surface area contributed by atoms with Crippen LogP contribution in [0, 0.1) is 22.7 Å². The summed E-state index contributed by atoms with van der Waals surface area (Å²) >= 11 is 0. The first-order valence-corrected chi connectivity index (χ1v) is 22.3. The highest BCUT2D eigenvalue weighted by molar-refractivity contribution is 5.96. The van der Waals surface area contributed by atoms with Crippen LogP contribution in [0.1, 0.15) is 96.6 Å². The molecule has 2 aromatic heterocycles. The van der Waals surface area contributed by atoms with Gasteiger partial charge in [0.15, 0.2) is 0 Å². The molecular weight excluding hydrogens is 785 g/mol. The number of cyclic esters (lactones) is 1. The molecule has 4 aliphatic rings. The van der Waals surface area contributed by atoms with Crippen molar-refractivity contribution in [1.29, 1.82) is 0 Å². The van der Waals surface area contributed by atoms with Gasteiger partial charge in [0.25, 0.3) is 5.91 Å². The number of carbonyl (C=O) groups is 4. The number of pyridine rings is 1. The molecule has 8 rings (SSSR count). The summed E-state index contributed by atoms with van der Waals surface area (Å²) in [5.41, 5.74) is 9.91. The highest BCUT2D eigenvalue weighted by Crippen LogP contribution is 2.71. The lowest BCUT2D eigenvalue weighted by atomic mass is 9.84. The van der Waals surface area contributed by atoms with Gasteiger partial charge in [-0.3, -0.25) is 29.2 Å². The van der Waals surface area contributed by atoms with E-state index in [4.69, 9.17) is 14.5 Å². The van der Waals surface area contributed by atoms with Gasteiger partial charge in [-0.1, -0.05) is 39.8 Å². The highest BCUT2D eigenvalue weighted by atomic mass is 16.5. The number of ether oxygens (including phenoxy) is 2. The number of likely N-dealkylation sites (N-methyl/N-ethyl adjacent to an activating group) is 1. The van der Waals surface area contributed by atoms with Crippen molar-refractivity contribution in [2.75, 3.05) is 27.3 Å².